The van der Waals surface area contributed by atoms with E-state index in [2.05, 4.69) is 15.6 Å². The number of carbonyl (C=O) groups is 1. The zero-order valence-corrected chi connectivity index (χ0v) is 15.1. The number of benzene rings is 2. The molecule has 138 valence electrons. The number of rotatable bonds is 5. The molecule has 0 bridgehead atoms. The van der Waals surface area contributed by atoms with Crippen LogP contribution >= 0.6 is 0 Å². The molecule has 1 heterocycles. The second-order valence-electron chi connectivity index (χ2n) is 6.96. The van der Waals surface area contributed by atoms with Crippen molar-refractivity contribution >= 4 is 34.3 Å². The van der Waals surface area contributed by atoms with Crippen LogP contribution in [-0.4, -0.2) is 21.9 Å². The van der Waals surface area contributed by atoms with E-state index in [1.54, 1.807) is 24.3 Å². The molecule has 6 nitrogen and oxygen atoms in total. The van der Waals surface area contributed by atoms with Gasteiger partial charge in [-0.05, 0) is 49.2 Å². The Morgan fingerprint density at radius 2 is 1.70 bits per heavy atom. The maximum atomic E-state index is 11.2. The van der Waals surface area contributed by atoms with E-state index in [1.807, 2.05) is 24.3 Å². The highest BCUT2D eigenvalue weighted by Gasteiger charge is 2.16. The smallest absolute Gasteiger partial charge is 0.248 e. The molecule has 4 rings (SSSR count). The molecule has 1 aliphatic carbocycles. The van der Waals surface area contributed by atoms with Crippen molar-refractivity contribution in [2.24, 2.45) is 5.73 Å². The molecule has 1 aliphatic rings. The molecule has 1 amide bonds. The van der Waals surface area contributed by atoms with Crippen LogP contribution in [0, 0.1) is 0 Å². The molecule has 6 heteroatoms. The normalized spacial score (nSPS) is 14.8. The van der Waals surface area contributed by atoms with Crippen molar-refractivity contribution in [1.82, 2.24) is 9.97 Å². The number of nitrogens with one attached hydrogen (secondary N) is 2. The second kappa shape index (κ2) is 7.61. The van der Waals surface area contributed by atoms with E-state index < -0.39 is 5.91 Å². The molecule has 1 fully saturated rings. The van der Waals surface area contributed by atoms with Gasteiger partial charge in [0.05, 0.1) is 5.52 Å². The highest BCUT2D eigenvalue weighted by atomic mass is 16.1. The molecular weight excluding hydrogens is 338 g/mol. The number of hydrogen-bond donors (Lipinski definition) is 3. The van der Waals surface area contributed by atoms with E-state index in [-0.39, 0.29) is 0 Å². The van der Waals surface area contributed by atoms with Crippen LogP contribution in [0.5, 0.6) is 0 Å². The lowest BCUT2D eigenvalue weighted by Gasteiger charge is -2.24. The number of aromatic nitrogens is 2. The molecule has 0 aliphatic heterocycles. The molecule has 4 N–H and O–H groups in total. The van der Waals surface area contributed by atoms with Crippen LogP contribution in [0.3, 0.4) is 0 Å². The maximum Gasteiger partial charge on any atom is 0.248 e. The third-order valence-corrected chi connectivity index (χ3v) is 4.97. The summed E-state index contributed by atoms with van der Waals surface area (Å²) in [5.74, 6) is 0.949. The fraction of sp³-hybridized carbons (Fsp3) is 0.286. The Morgan fingerprint density at radius 3 is 2.44 bits per heavy atom. The summed E-state index contributed by atoms with van der Waals surface area (Å²) in [5, 5.41) is 7.87. The van der Waals surface area contributed by atoms with Crippen molar-refractivity contribution in [3.63, 3.8) is 0 Å². The Morgan fingerprint density at radius 1 is 0.963 bits per heavy atom. The first-order valence-electron chi connectivity index (χ1n) is 9.39. The van der Waals surface area contributed by atoms with Gasteiger partial charge in [-0.2, -0.15) is 4.98 Å². The lowest BCUT2D eigenvalue weighted by Crippen LogP contribution is -2.23. The summed E-state index contributed by atoms with van der Waals surface area (Å²) < 4.78 is 0. The first-order chi connectivity index (χ1) is 13.2. The zero-order valence-electron chi connectivity index (χ0n) is 15.1. The lowest BCUT2D eigenvalue weighted by atomic mass is 9.95. The number of primary amides is 1. The monoisotopic (exact) mass is 361 g/mol. The summed E-state index contributed by atoms with van der Waals surface area (Å²) >= 11 is 0. The van der Waals surface area contributed by atoms with Gasteiger partial charge in [0.1, 0.15) is 5.82 Å². The molecule has 0 radical (unpaired) electrons. The fourth-order valence-corrected chi connectivity index (χ4v) is 3.53. The fourth-order valence-electron chi connectivity index (χ4n) is 3.53. The van der Waals surface area contributed by atoms with E-state index in [4.69, 9.17) is 10.7 Å². The van der Waals surface area contributed by atoms with Crippen LogP contribution in [0.2, 0.25) is 0 Å². The molecule has 0 unspecified atom stereocenters. The Labute approximate surface area is 158 Å². The molecule has 27 heavy (non-hydrogen) atoms. The first-order valence-corrected chi connectivity index (χ1v) is 9.39. The Kier molecular flexibility index (Phi) is 4.87. The predicted octanol–water partition coefficient (Wildman–Crippen LogP) is 4.22. The van der Waals surface area contributed by atoms with Crippen LogP contribution in [-0.2, 0) is 0 Å². The van der Waals surface area contributed by atoms with Crippen molar-refractivity contribution in [1.29, 1.82) is 0 Å². The Hall–Kier alpha value is -3.15. The molecule has 2 aromatic carbocycles. The number of nitrogens with two attached hydrogens (primary N) is 1. The van der Waals surface area contributed by atoms with Crippen molar-refractivity contribution in [3.05, 3.63) is 54.1 Å². The first kappa shape index (κ1) is 17.3. The third kappa shape index (κ3) is 4.00. The lowest BCUT2D eigenvalue weighted by molar-refractivity contribution is 0.100. The summed E-state index contributed by atoms with van der Waals surface area (Å²) in [6.07, 6.45) is 6.19. The largest absolute Gasteiger partial charge is 0.367 e. The average Bonchev–Trinajstić information content (AvgIpc) is 2.69. The van der Waals surface area contributed by atoms with Gasteiger partial charge in [0, 0.05) is 22.7 Å². The van der Waals surface area contributed by atoms with Gasteiger partial charge in [-0.1, -0.05) is 31.4 Å². The number of amides is 1. The molecule has 0 atom stereocenters. The van der Waals surface area contributed by atoms with E-state index in [0.29, 0.717) is 17.6 Å². The van der Waals surface area contributed by atoms with Gasteiger partial charge in [-0.15, -0.1) is 0 Å². The van der Waals surface area contributed by atoms with Crippen molar-refractivity contribution in [2.45, 2.75) is 38.1 Å². The number of hydrogen-bond acceptors (Lipinski definition) is 5. The number of nitrogens with zero attached hydrogens (tertiary/aromatic N) is 2. The summed E-state index contributed by atoms with van der Waals surface area (Å²) in [6.45, 7) is 0. The predicted molar refractivity (Wildman–Crippen MR) is 108 cm³/mol. The maximum absolute atomic E-state index is 11.2. The SMILES string of the molecule is NC(=O)c1ccc(Nc2nc(NC3CCCCC3)c3ccccc3n2)cc1. The number of fused-ring (bicyclic) bond motifs is 1. The van der Waals surface area contributed by atoms with Crippen LogP contribution in [0.1, 0.15) is 42.5 Å². The van der Waals surface area contributed by atoms with Crippen molar-refractivity contribution in [3.8, 4) is 0 Å². The zero-order chi connectivity index (χ0) is 18.6. The standard InChI is InChI=1S/C21H23N5O/c22-19(27)14-10-12-16(13-11-14)24-21-25-18-9-5-4-8-17(18)20(26-21)23-15-6-2-1-3-7-15/h4-5,8-13,15H,1-3,6-7H2,(H2,22,27)(H2,23,24,25,26). The summed E-state index contributed by atoms with van der Waals surface area (Å²) in [4.78, 5) is 20.6. The quantitative estimate of drug-likeness (QED) is 0.633. The molecule has 0 saturated heterocycles. The molecule has 1 aromatic heterocycles. The molecule has 0 spiro atoms. The number of carbonyl (C=O) groups excluding carboxylic acids is 1. The van der Waals surface area contributed by atoms with Gasteiger partial charge in [-0.25, -0.2) is 4.98 Å². The van der Waals surface area contributed by atoms with Crippen LogP contribution in [0.25, 0.3) is 10.9 Å². The van der Waals surface area contributed by atoms with E-state index in [1.165, 1.54) is 32.1 Å². The average molecular weight is 361 g/mol. The van der Waals surface area contributed by atoms with E-state index in [0.717, 1.165) is 22.4 Å². The van der Waals surface area contributed by atoms with Crippen LogP contribution < -0.4 is 16.4 Å². The second-order valence-corrected chi connectivity index (χ2v) is 6.96. The number of anilines is 3. The van der Waals surface area contributed by atoms with Crippen molar-refractivity contribution in [2.75, 3.05) is 10.6 Å². The molecular formula is C21H23N5O. The third-order valence-electron chi connectivity index (χ3n) is 4.97. The van der Waals surface area contributed by atoms with Gasteiger partial charge >= 0.3 is 0 Å². The van der Waals surface area contributed by atoms with Gasteiger partial charge in [0.25, 0.3) is 0 Å². The highest BCUT2D eigenvalue weighted by Crippen LogP contribution is 2.27. The van der Waals surface area contributed by atoms with Crippen LogP contribution in [0.15, 0.2) is 48.5 Å². The summed E-state index contributed by atoms with van der Waals surface area (Å²) in [5.41, 5.74) is 7.46. The van der Waals surface area contributed by atoms with Gasteiger partial charge in [0.2, 0.25) is 11.9 Å². The minimum absolute atomic E-state index is 0.442. The number of para-hydroxylation sites is 1. The topological polar surface area (TPSA) is 92.9 Å². The summed E-state index contributed by atoms with van der Waals surface area (Å²) in [6, 6.07) is 15.5. The van der Waals surface area contributed by atoms with E-state index in [9.17, 15) is 4.79 Å². The molecule has 1 saturated carbocycles. The van der Waals surface area contributed by atoms with Gasteiger partial charge < -0.3 is 16.4 Å². The Bertz CT molecular complexity index is 948. The van der Waals surface area contributed by atoms with E-state index >= 15 is 0 Å². The highest BCUT2D eigenvalue weighted by molar-refractivity contribution is 5.93. The minimum Gasteiger partial charge on any atom is -0.367 e. The summed E-state index contributed by atoms with van der Waals surface area (Å²) in [7, 11) is 0. The van der Waals surface area contributed by atoms with Crippen LogP contribution in [0.4, 0.5) is 17.5 Å². The van der Waals surface area contributed by atoms with Gasteiger partial charge in [0.15, 0.2) is 0 Å². The Balaban J connectivity index is 1.63. The van der Waals surface area contributed by atoms with Crippen molar-refractivity contribution < 1.29 is 4.79 Å². The molecule has 3 aromatic rings. The van der Waals surface area contributed by atoms with Gasteiger partial charge in [-0.3, -0.25) is 4.79 Å². The minimum atomic E-state index is -0.442.